The molecule has 27 heavy (non-hydrogen) atoms. The molecule has 0 aromatic carbocycles. The molecule has 0 saturated heterocycles. The Balaban J connectivity index is 3.69. The van der Waals surface area contributed by atoms with Gasteiger partial charge in [0.15, 0.2) is 5.60 Å². The first kappa shape index (κ1) is 24.5. The number of ketones is 1. The molecule has 0 aromatic heterocycles. The van der Waals surface area contributed by atoms with Gasteiger partial charge in [0.25, 0.3) is 0 Å². The van der Waals surface area contributed by atoms with E-state index in [2.05, 4.69) is 67.7 Å². The number of methoxy groups -OCH3 is 1. The number of carbonyl (C=O) groups is 2. The minimum atomic E-state index is -2.40. The molecule has 1 saturated carbocycles. The van der Waals surface area contributed by atoms with Crippen molar-refractivity contribution in [2.45, 2.75) is 107 Å². The molecule has 0 heterocycles. The topological polar surface area (TPSA) is 83.8 Å². The number of Topliss-reactive ketones (excluding diaryl/α,β-unsaturated/α-hetero) is 1. The molecule has 1 aliphatic carbocycles. The molecule has 2 N–H and O–H groups in total. The summed E-state index contributed by atoms with van der Waals surface area (Å²) < 4.78 is 4.86. The highest BCUT2D eigenvalue weighted by atomic mass is 28.3. The third-order valence-corrected chi connectivity index (χ3v) is 20.1. The van der Waals surface area contributed by atoms with Gasteiger partial charge in [-0.2, -0.15) is 0 Å². The van der Waals surface area contributed by atoms with Gasteiger partial charge in [-0.15, -0.1) is 0 Å². The molecule has 4 atom stereocenters. The van der Waals surface area contributed by atoms with Crippen LogP contribution in [0.15, 0.2) is 0 Å². The molecule has 1 aliphatic rings. The zero-order valence-corrected chi connectivity index (χ0v) is 21.1. The Morgan fingerprint density at radius 1 is 1.04 bits per heavy atom. The van der Waals surface area contributed by atoms with E-state index in [0.29, 0.717) is 0 Å². The monoisotopic (exact) mass is 416 g/mol. The second-order valence-corrected chi connectivity index (χ2v) is 22.6. The molecular formula is C20H40O5Si2. The Morgan fingerprint density at radius 3 is 1.78 bits per heavy atom. The lowest BCUT2D eigenvalue weighted by Gasteiger charge is -2.55. The summed E-state index contributed by atoms with van der Waals surface area (Å²) in [5, 5.41) is 22.1. The van der Waals surface area contributed by atoms with E-state index in [1.54, 1.807) is 0 Å². The minimum Gasteiger partial charge on any atom is -0.467 e. The van der Waals surface area contributed by atoms with Gasteiger partial charge in [-0.25, -0.2) is 4.79 Å². The fourth-order valence-corrected chi connectivity index (χ4v) is 9.75. The number of aliphatic hydroxyl groups excluding tert-OH is 1. The standard InChI is InChI=1S/C20H40O5Si2/c1-18(2,3)26(8,9)13-12-20(24,17(23)25-7)16(22)15(14(13)21)27(10,11)19(4,5)6/h13,15-16,22,24H,12H2,1-11H3/t13-,15+,16?,20?/m1/s1. The highest BCUT2D eigenvalue weighted by Gasteiger charge is 2.65. The molecule has 7 heteroatoms. The lowest BCUT2D eigenvalue weighted by Crippen LogP contribution is -2.67. The molecule has 1 rings (SSSR count). The SMILES string of the molecule is COC(=O)C1(O)C[C@@H]([Si](C)(C)C(C)(C)C)C(=O)[C@H]([Si](C)(C)C(C)(C)C)C1O. The van der Waals surface area contributed by atoms with Crippen molar-refractivity contribution in [1.29, 1.82) is 0 Å². The zero-order chi connectivity index (χ0) is 21.8. The van der Waals surface area contributed by atoms with E-state index in [1.807, 2.05) is 0 Å². The first-order valence-electron chi connectivity index (χ1n) is 9.79. The number of hydrogen-bond acceptors (Lipinski definition) is 5. The smallest absolute Gasteiger partial charge is 0.340 e. The minimum absolute atomic E-state index is 0.0364. The van der Waals surface area contributed by atoms with Crippen LogP contribution in [0.3, 0.4) is 0 Å². The zero-order valence-electron chi connectivity index (χ0n) is 19.1. The molecule has 0 radical (unpaired) electrons. The van der Waals surface area contributed by atoms with Crippen LogP contribution in [0, 0.1) is 0 Å². The summed E-state index contributed by atoms with van der Waals surface area (Å²) in [6, 6.07) is 0. The van der Waals surface area contributed by atoms with Gasteiger partial charge in [0.1, 0.15) is 11.9 Å². The molecule has 0 aromatic rings. The lowest BCUT2D eigenvalue weighted by molar-refractivity contribution is -0.181. The molecule has 0 spiro atoms. The normalized spacial score (nSPS) is 31.0. The Kier molecular flexibility index (Phi) is 6.43. The first-order chi connectivity index (χ1) is 11.8. The van der Waals surface area contributed by atoms with Crippen LogP contribution in [0.2, 0.25) is 47.3 Å². The van der Waals surface area contributed by atoms with Crippen LogP contribution < -0.4 is 0 Å². The molecule has 5 nitrogen and oxygen atoms in total. The summed E-state index contributed by atoms with van der Waals surface area (Å²) in [6.07, 6.45) is -1.49. The van der Waals surface area contributed by atoms with E-state index in [-0.39, 0.29) is 22.3 Å². The summed E-state index contributed by atoms with van der Waals surface area (Å²) in [5.74, 6) is -0.802. The summed E-state index contributed by atoms with van der Waals surface area (Å²) in [6.45, 7) is 21.0. The van der Waals surface area contributed by atoms with E-state index >= 15 is 0 Å². The van der Waals surface area contributed by atoms with E-state index in [4.69, 9.17) is 4.74 Å². The van der Waals surface area contributed by atoms with Gasteiger partial charge >= 0.3 is 5.97 Å². The Hall–Kier alpha value is -0.506. The van der Waals surface area contributed by atoms with Crippen molar-refractivity contribution >= 4 is 27.9 Å². The van der Waals surface area contributed by atoms with E-state index in [0.717, 1.165) is 0 Å². The number of ether oxygens (including phenoxy) is 1. The van der Waals surface area contributed by atoms with Crippen LogP contribution in [-0.2, 0) is 14.3 Å². The first-order valence-corrected chi connectivity index (χ1v) is 15.9. The van der Waals surface area contributed by atoms with Gasteiger partial charge in [-0.1, -0.05) is 67.7 Å². The van der Waals surface area contributed by atoms with Crippen molar-refractivity contribution in [3.8, 4) is 0 Å². The Bertz CT molecular complexity index is 600. The maximum atomic E-state index is 13.8. The summed E-state index contributed by atoms with van der Waals surface area (Å²) in [7, 11) is -3.42. The van der Waals surface area contributed by atoms with Gasteiger partial charge in [-0.05, 0) is 16.5 Å². The van der Waals surface area contributed by atoms with Gasteiger partial charge in [0, 0.05) is 11.1 Å². The van der Waals surface area contributed by atoms with Crippen LogP contribution in [0.5, 0.6) is 0 Å². The van der Waals surface area contributed by atoms with Gasteiger partial charge in [-0.3, -0.25) is 4.79 Å². The fourth-order valence-electron chi connectivity index (χ4n) is 3.91. The maximum Gasteiger partial charge on any atom is 0.340 e. The molecule has 0 amide bonds. The molecular weight excluding hydrogens is 376 g/mol. The van der Waals surface area contributed by atoms with E-state index < -0.39 is 44.9 Å². The van der Waals surface area contributed by atoms with Gasteiger partial charge in [0.05, 0.1) is 23.3 Å². The van der Waals surface area contributed by atoms with Crippen molar-refractivity contribution in [3.63, 3.8) is 0 Å². The number of carbonyl (C=O) groups excluding carboxylic acids is 2. The fraction of sp³-hybridized carbons (Fsp3) is 0.900. The molecule has 158 valence electrons. The third kappa shape index (κ3) is 3.85. The molecule has 2 unspecified atom stereocenters. The Morgan fingerprint density at radius 2 is 1.44 bits per heavy atom. The van der Waals surface area contributed by atoms with Crippen LogP contribution in [0.1, 0.15) is 48.0 Å². The highest BCUT2D eigenvalue weighted by Crippen LogP contribution is 2.57. The van der Waals surface area contributed by atoms with Gasteiger partial charge in [0.2, 0.25) is 0 Å². The van der Waals surface area contributed by atoms with Crippen LogP contribution in [-0.4, -0.2) is 56.9 Å². The van der Waals surface area contributed by atoms with Crippen LogP contribution in [0.25, 0.3) is 0 Å². The summed E-state index contributed by atoms with van der Waals surface area (Å²) >= 11 is 0. The molecule has 0 aliphatic heterocycles. The lowest BCUT2D eigenvalue weighted by atomic mass is 9.80. The van der Waals surface area contributed by atoms with Crippen molar-refractivity contribution in [3.05, 3.63) is 0 Å². The summed E-state index contributed by atoms with van der Waals surface area (Å²) in [4.78, 5) is 26.3. The van der Waals surface area contributed by atoms with Gasteiger partial charge < -0.3 is 14.9 Å². The third-order valence-electron chi connectivity index (χ3n) is 8.02. The predicted molar refractivity (Wildman–Crippen MR) is 114 cm³/mol. The average molecular weight is 417 g/mol. The number of aliphatic hydroxyl groups is 2. The second kappa shape index (κ2) is 7.08. The predicted octanol–water partition coefficient (Wildman–Crippen LogP) is 3.98. The quantitative estimate of drug-likeness (QED) is 0.537. The van der Waals surface area contributed by atoms with Crippen molar-refractivity contribution in [2.24, 2.45) is 0 Å². The molecule has 0 bridgehead atoms. The highest BCUT2D eigenvalue weighted by molar-refractivity contribution is 6.88. The number of esters is 1. The van der Waals surface area contributed by atoms with Crippen molar-refractivity contribution in [1.82, 2.24) is 0 Å². The van der Waals surface area contributed by atoms with Crippen molar-refractivity contribution in [2.75, 3.05) is 7.11 Å². The van der Waals surface area contributed by atoms with E-state index in [9.17, 15) is 19.8 Å². The Labute approximate surface area is 166 Å². The molecule has 1 fully saturated rings. The van der Waals surface area contributed by atoms with Crippen molar-refractivity contribution < 1.29 is 24.5 Å². The largest absolute Gasteiger partial charge is 0.467 e. The van der Waals surface area contributed by atoms with Crippen LogP contribution >= 0.6 is 0 Å². The average Bonchev–Trinajstić information content (AvgIpc) is 2.47. The maximum absolute atomic E-state index is 13.8. The number of hydrogen-bond donors (Lipinski definition) is 2. The number of rotatable bonds is 3. The van der Waals surface area contributed by atoms with Crippen LogP contribution in [0.4, 0.5) is 0 Å². The second-order valence-electron chi connectivity index (χ2n) is 11.4. The summed E-state index contributed by atoms with van der Waals surface area (Å²) in [5.41, 5.74) is -3.16. The van der Waals surface area contributed by atoms with E-state index in [1.165, 1.54) is 7.11 Å².